The quantitative estimate of drug-likeness (QED) is 0.754. The van der Waals surface area contributed by atoms with Crippen molar-refractivity contribution in [1.29, 1.82) is 0 Å². The highest BCUT2D eigenvalue weighted by Gasteiger charge is 2.07. The Kier molecular flexibility index (Phi) is 3.48. The number of aromatic carboxylic acids is 1. The Morgan fingerprint density at radius 2 is 2.09 bits per heavy atom. The van der Waals surface area contributed by atoms with Crippen molar-refractivity contribution in [3.05, 3.63) is 48.7 Å². The average molecular weight is 296 g/mol. The number of carboxylic acids is 1. The summed E-state index contributed by atoms with van der Waals surface area (Å²) in [5.41, 5.74) is 2.12. The Balaban J connectivity index is 1.85. The summed E-state index contributed by atoms with van der Waals surface area (Å²) in [4.78, 5) is 23.2. The van der Waals surface area contributed by atoms with Gasteiger partial charge in [-0.15, -0.1) is 0 Å². The fraction of sp³-hybridized carbons (Fsp3) is 0.0714. The van der Waals surface area contributed by atoms with Crippen molar-refractivity contribution in [2.75, 3.05) is 5.32 Å². The van der Waals surface area contributed by atoms with Gasteiger partial charge in [0.25, 0.3) is 0 Å². The van der Waals surface area contributed by atoms with E-state index >= 15 is 0 Å². The van der Waals surface area contributed by atoms with Crippen molar-refractivity contribution >= 4 is 17.6 Å². The number of anilines is 2. The zero-order valence-electron chi connectivity index (χ0n) is 11.6. The van der Waals surface area contributed by atoms with E-state index in [2.05, 4.69) is 25.4 Å². The Bertz CT molecular complexity index is 812. The maximum Gasteiger partial charge on any atom is 0.354 e. The largest absolute Gasteiger partial charge is 0.477 e. The zero-order chi connectivity index (χ0) is 15.5. The topological polar surface area (TPSA) is 106 Å². The van der Waals surface area contributed by atoms with Crippen LogP contribution in [-0.4, -0.2) is 35.8 Å². The van der Waals surface area contributed by atoms with E-state index in [-0.39, 0.29) is 5.69 Å². The van der Waals surface area contributed by atoms with E-state index in [4.69, 9.17) is 5.11 Å². The molecule has 0 aliphatic carbocycles. The van der Waals surface area contributed by atoms with Crippen molar-refractivity contribution in [1.82, 2.24) is 24.7 Å². The van der Waals surface area contributed by atoms with Gasteiger partial charge in [0.1, 0.15) is 5.69 Å². The molecule has 0 saturated carbocycles. The van der Waals surface area contributed by atoms with Crippen LogP contribution >= 0.6 is 0 Å². The number of hydrogen-bond donors (Lipinski definition) is 2. The zero-order valence-corrected chi connectivity index (χ0v) is 11.6. The van der Waals surface area contributed by atoms with E-state index in [0.29, 0.717) is 17.2 Å². The van der Waals surface area contributed by atoms with Gasteiger partial charge in [0.15, 0.2) is 0 Å². The normalized spacial score (nSPS) is 10.4. The first kappa shape index (κ1) is 13.7. The molecule has 0 radical (unpaired) electrons. The molecule has 110 valence electrons. The third kappa shape index (κ3) is 2.90. The van der Waals surface area contributed by atoms with Crippen molar-refractivity contribution in [3.8, 4) is 11.3 Å². The molecule has 8 nitrogen and oxygen atoms in total. The predicted molar refractivity (Wildman–Crippen MR) is 78.7 cm³/mol. The predicted octanol–water partition coefficient (Wildman–Crippen LogP) is 1.71. The molecule has 0 unspecified atom stereocenters. The number of carbonyl (C=O) groups is 1. The van der Waals surface area contributed by atoms with Crippen LogP contribution in [0.2, 0.25) is 0 Å². The van der Waals surface area contributed by atoms with Crippen LogP contribution in [0.15, 0.2) is 43.0 Å². The average Bonchev–Trinajstić information content (AvgIpc) is 2.93. The minimum absolute atomic E-state index is 0.00786. The first-order valence-corrected chi connectivity index (χ1v) is 6.40. The fourth-order valence-electron chi connectivity index (χ4n) is 1.87. The number of carboxylic acid groups (broad SMARTS) is 1. The number of nitrogens with one attached hydrogen (secondary N) is 1. The lowest BCUT2D eigenvalue weighted by atomic mass is 10.2. The summed E-state index contributed by atoms with van der Waals surface area (Å²) < 4.78 is 1.67. The molecule has 0 fully saturated rings. The van der Waals surface area contributed by atoms with Gasteiger partial charge in [-0.1, -0.05) is 0 Å². The third-order valence-electron chi connectivity index (χ3n) is 2.89. The van der Waals surface area contributed by atoms with Crippen molar-refractivity contribution in [2.45, 2.75) is 0 Å². The first-order chi connectivity index (χ1) is 10.6. The smallest absolute Gasteiger partial charge is 0.354 e. The molecule has 0 bridgehead atoms. The molecule has 0 spiro atoms. The first-order valence-electron chi connectivity index (χ1n) is 6.40. The molecule has 2 N–H and O–H groups in total. The Morgan fingerprint density at radius 1 is 1.23 bits per heavy atom. The molecule has 0 aromatic carbocycles. The SMILES string of the molecule is Cn1cc(Nc2nccc(-c3ccc(C(=O)O)nc3)n2)cn1. The van der Waals surface area contributed by atoms with E-state index in [1.54, 1.807) is 35.4 Å². The summed E-state index contributed by atoms with van der Waals surface area (Å²) in [6, 6.07) is 4.83. The molecule has 3 aromatic rings. The van der Waals surface area contributed by atoms with Crippen LogP contribution < -0.4 is 5.32 Å². The van der Waals surface area contributed by atoms with Crippen molar-refractivity contribution < 1.29 is 9.90 Å². The van der Waals surface area contributed by atoms with E-state index in [0.717, 1.165) is 5.69 Å². The highest BCUT2D eigenvalue weighted by molar-refractivity contribution is 5.85. The van der Waals surface area contributed by atoms with E-state index < -0.39 is 5.97 Å². The van der Waals surface area contributed by atoms with Gasteiger partial charge in [-0.25, -0.2) is 19.7 Å². The van der Waals surface area contributed by atoms with Gasteiger partial charge in [0, 0.05) is 31.2 Å². The van der Waals surface area contributed by atoms with E-state index in [9.17, 15) is 4.79 Å². The van der Waals surface area contributed by atoms with Crippen LogP contribution in [0.5, 0.6) is 0 Å². The summed E-state index contributed by atoms with van der Waals surface area (Å²) in [5.74, 6) is -0.638. The molecule has 3 rings (SSSR count). The highest BCUT2D eigenvalue weighted by Crippen LogP contribution is 2.18. The molecule has 22 heavy (non-hydrogen) atoms. The molecule has 0 aliphatic rings. The molecule has 0 aliphatic heterocycles. The van der Waals surface area contributed by atoms with E-state index in [1.807, 2.05) is 7.05 Å². The van der Waals surface area contributed by atoms with Crippen LogP contribution in [0.1, 0.15) is 10.5 Å². The number of aryl methyl sites for hydroxylation is 1. The summed E-state index contributed by atoms with van der Waals surface area (Å²) >= 11 is 0. The van der Waals surface area contributed by atoms with Gasteiger partial charge < -0.3 is 10.4 Å². The lowest BCUT2D eigenvalue weighted by Crippen LogP contribution is -2.00. The number of nitrogens with zero attached hydrogens (tertiary/aromatic N) is 5. The maximum absolute atomic E-state index is 10.8. The molecule has 0 saturated heterocycles. The second-order valence-electron chi connectivity index (χ2n) is 4.53. The standard InChI is InChI=1S/C14H12N6O2/c1-20-8-10(7-17-20)18-14-15-5-4-11(19-14)9-2-3-12(13(21)22)16-6-9/h2-8H,1H3,(H,21,22)(H,15,18,19). The summed E-state index contributed by atoms with van der Waals surface area (Å²) in [6.45, 7) is 0. The van der Waals surface area contributed by atoms with E-state index in [1.165, 1.54) is 12.3 Å². The van der Waals surface area contributed by atoms with Crippen LogP contribution in [-0.2, 0) is 7.05 Å². The fourth-order valence-corrected chi connectivity index (χ4v) is 1.87. The number of rotatable bonds is 4. The Labute approximate surface area is 125 Å². The molecule has 0 atom stereocenters. The summed E-state index contributed by atoms with van der Waals surface area (Å²) in [6.07, 6.45) is 6.56. The second-order valence-corrected chi connectivity index (χ2v) is 4.53. The Morgan fingerprint density at radius 3 is 2.73 bits per heavy atom. The van der Waals surface area contributed by atoms with Gasteiger partial charge in [-0.2, -0.15) is 5.10 Å². The third-order valence-corrected chi connectivity index (χ3v) is 2.89. The monoisotopic (exact) mass is 296 g/mol. The van der Waals surface area contributed by atoms with Gasteiger partial charge in [0.2, 0.25) is 5.95 Å². The minimum atomic E-state index is -1.06. The van der Waals surface area contributed by atoms with Crippen LogP contribution in [0, 0.1) is 0 Å². The van der Waals surface area contributed by atoms with Gasteiger partial charge in [-0.3, -0.25) is 4.68 Å². The molecular weight excluding hydrogens is 284 g/mol. The Hall–Kier alpha value is -3.29. The van der Waals surface area contributed by atoms with Crippen LogP contribution in [0.3, 0.4) is 0 Å². The second kappa shape index (κ2) is 5.60. The number of aromatic nitrogens is 5. The van der Waals surface area contributed by atoms with Crippen molar-refractivity contribution in [2.24, 2.45) is 7.05 Å². The molecular formula is C14H12N6O2. The minimum Gasteiger partial charge on any atom is -0.477 e. The highest BCUT2D eigenvalue weighted by atomic mass is 16.4. The van der Waals surface area contributed by atoms with Crippen LogP contribution in [0.25, 0.3) is 11.3 Å². The van der Waals surface area contributed by atoms with Gasteiger partial charge in [0.05, 0.1) is 17.6 Å². The van der Waals surface area contributed by atoms with Crippen molar-refractivity contribution in [3.63, 3.8) is 0 Å². The lowest BCUT2D eigenvalue weighted by Gasteiger charge is -2.04. The van der Waals surface area contributed by atoms with Gasteiger partial charge in [-0.05, 0) is 18.2 Å². The lowest BCUT2D eigenvalue weighted by molar-refractivity contribution is 0.0690. The molecule has 8 heteroatoms. The van der Waals surface area contributed by atoms with Crippen LogP contribution in [0.4, 0.5) is 11.6 Å². The molecule has 3 heterocycles. The maximum atomic E-state index is 10.8. The summed E-state index contributed by atoms with van der Waals surface area (Å²) in [7, 11) is 1.82. The van der Waals surface area contributed by atoms with Gasteiger partial charge >= 0.3 is 5.97 Å². The summed E-state index contributed by atoms with van der Waals surface area (Å²) in [5, 5.41) is 15.9. The number of pyridine rings is 1. The molecule has 3 aromatic heterocycles. The number of hydrogen-bond acceptors (Lipinski definition) is 6. The molecule has 0 amide bonds.